The molecule has 1 aliphatic rings. The lowest BCUT2D eigenvalue weighted by Crippen LogP contribution is -2.52. The van der Waals surface area contributed by atoms with Gasteiger partial charge in [-0.25, -0.2) is 13.1 Å². The molecule has 1 N–H and O–H groups in total. The lowest BCUT2D eigenvalue weighted by molar-refractivity contribution is 0.164. The van der Waals surface area contributed by atoms with Crippen LogP contribution in [0.3, 0.4) is 0 Å². The second-order valence-corrected chi connectivity index (χ2v) is 11.2. The van der Waals surface area contributed by atoms with Gasteiger partial charge in [0.2, 0.25) is 10.0 Å². The highest BCUT2D eigenvalue weighted by Crippen LogP contribution is 2.31. The fourth-order valence-electron chi connectivity index (χ4n) is 4.24. The van der Waals surface area contributed by atoms with Gasteiger partial charge in [-0.05, 0) is 66.9 Å². The summed E-state index contributed by atoms with van der Waals surface area (Å²) in [5.74, 6) is 0.844. The molecule has 4 rings (SSSR count). The van der Waals surface area contributed by atoms with Crippen molar-refractivity contribution < 1.29 is 13.2 Å². The molecule has 0 spiro atoms. The highest BCUT2D eigenvalue weighted by molar-refractivity contribution is 7.89. The van der Waals surface area contributed by atoms with E-state index in [9.17, 15) is 8.42 Å². The number of hydrogen-bond acceptors (Lipinski definition) is 6. The number of piperazine rings is 1. The number of rotatable bonds is 8. The zero-order valence-electron chi connectivity index (χ0n) is 18.6. The standard InChI is InChI=1S/C24H28ClN3O3S2/c1-18(26-33(29,30)22-11-5-19(25)6-12-22)24(23-4-3-17-32-23)28-15-13-27(14-16-28)20-7-9-21(31-2)10-8-20/h3-12,17-18,24,26H,13-16H2,1-2H3/t18-,24-/m0/s1. The number of nitrogens with zero attached hydrogens (tertiary/aromatic N) is 2. The molecule has 0 bridgehead atoms. The topological polar surface area (TPSA) is 61.9 Å². The van der Waals surface area contributed by atoms with Crippen LogP contribution in [0.25, 0.3) is 0 Å². The van der Waals surface area contributed by atoms with Gasteiger partial charge >= 0.3 is 0 Å². The van der Waals surface area contributed by atoms with Crippen LogP contribution in [0.4, 0.5) is 5.69 Å². The molecule has 1 fully saturated rings. The average Bonchev–Trinajstić information content (AvgIpc) is 3.34. The van der Waals surface area contributed by atoms with Crippen LogP contribution >= 0.6 is 22.9 Å². The Morgan fingerprint density at radius 2 is 1.67 bits per heavy atom. The molecule has 2 heterocycles. The maximum absolute atomic E-state index is 13.0. The summed E-state index contributed by atoms with van der Waals surface area (Å²) in [6.45, 7) is 5.34. The Balaban J connectivity index is 1.48. The van der Waals surface area contributed by atoms with Gasteiger partial charge in [0.1, 0.15) is 5.75 Å². The molecule has 1 saturated heterocycles. The van der Waals surface area contributed by atoms with E-state index in [2.05, 4.69) is 32.7 Å². The number of nitrogens with one attached hydrogen (secondary N) is 1. The van der Waals surface area contributed by atoms with E-state index in [0.29, 0.717) is 5.02 Å². The molecule has 9 heteroatoms. The smallest absolute Gasteiger partial charge is 0.240 e. The first-order chi connectivity index (χ1) is 15.9. The summed E-state index contributed by atoms with van der Waals surface area (Å²) < 4.78 is 34.2. The largest absolute Gasteiger partial charge is 0.497 e. The molecular formula is C24H28ClN3O3S2. The molecule has 0 radical (unpaired) electrons. The number of halogens is 1. The van der Waals surface area contributed by atoms with Crippen LogP contribution in [0.1, 0.15) is 17.8 Å². The Kier molecular flexibility index (Phi) is 7.61. The SMILES string of the molecule is COc1ccc(N2CCN([C@H](c3cccs3)[C@H](C)NS(=O)(=O)c3ccc(Cl)cc3)CC2)cc1. The highest BCUT2D eigenvalue weighted by atomic mass is 35.5. The Morgan fingerprint density at radius 1 is 1.00 bits per heavy atom. The fraction of sp³-hybridized carbons (Fsp3) is 0.333. The number of thiophene rings is 1. The molecule has 0 aliphatic carbocycles. The van der Waals surface area contributed by atoms with Crippen molar-refractivity contribution in [3.8, 4) is 5.75 Å². The molecule has 0 unspecified atom stereocenters. The molecule has 1 aliphatic heterocycles. The van der Waals surface area contributed by atoms with Crippen molar-refractivity contribution in [1.82, 2.24) is 9.62 Å². The minimum atomic E-state index is -3.66. The first-order valence-electron chi connectivity index (χ1n) is 10.8. The molecule has 0 saturated carbocycles. The monoisotopic (exact) mass is 505 g/mol. The number of methoxy groups -OCH3 is 1. The molecule has 2 atom stereocenters. The van der Waals surface area contributed by atoms with E-state index in [1.807, 2.05) is 30.5 Å². The van der Waals surface area contributed by atoms with Crippen molar-refractivity contribution >= 4 is 38.6 Å². The lowest BCUT2D eigenvalue weighted by Gasteiger charge is -2.42. The average molecular weight is 506 g/mol. The van der Waals surface area contributed by atoms with Crippen molar-refractivity contribution in [2.24, 2.45) is 0 Å². The van der Waals surface area contributed by atoms with E-state index >= 15 is 0 Å². The second-order valence-electron chi connectivity index (χ2n) is 8.05. The first-order valence-corrected chi connectivity index (χ1v) is 13.6. The van der Waals surface area contributed by atoms with Crippen LogP contribution in [0.5, 0.6) is 5.75 Å². The Bertz CT molecular complexity index is 1130. The number of hydrogen-bond donors (Lipinski definition) is 1. The Hall–Kier alpha value is -2.10. The molecule has 1 aromatic heterocycles. The van der Waals surface area contributed by atoms with Crippen LogP contribution in [-0.4, -0.2) is 52.6 Å². The van der Waals surface area contributed by atoms with Crippen molar-refractivity contribution in [3.05, 3.63) is 75.9 Å². The summed E-state index contributed by atoms with van der Waals surface area (Å²) in [4.78, 5) is 6.09. The van der Waals surface area contributed by atoms with Crippen LogP contribution in [-0.2, 0) is 10.0 Å². The number of sulfonamides is 1. The van der Waals surface area contributed by atoms with E-state index in [1.54, 1.807) is 30.6 Å². The zero-order chi connectivity index (χ0) is 23.4. The van der Waals surface area contributed by atoms with Crippen LogP contribution in [0, 0.1) is 0 Å². The minimum absolute atomic E-state index is 0.0508. The van der Waals surface area contributed by atoms with Crippen LogP contribution in [0.15, 0.2) is 70.9 Å². The van der Waals surface area contributed by atoms with Gasteiger partial charge in [0, 0.05) is 47.8 Å². The van der Waals surface area contributed by atoms with Gasteiger partial charge in [0.15, 0.2) is 0 Å². The summed E-state index contributed by atoms with van der Waals surface area (Å²) in [6, 6.07) is 18.1. The number of ether oxygens (including phenoxy) is 1. The molecule has 3 aromatic rings. The van der Waals surface area contributed by atoms with Gasteiger partial charge < -0.3 is 9.64 Å². The first kappa shape index (κ1) is 24.0. The van der Waals surface area contributed by atoms with Gasteiger partial charge in [-0.1, -0.05) is 17.7 Å². The maximum Gasteiger partial charge on any atom is 0.240 e. The van der Waals surface area contributed by atoms with E-state index < -0.39 is 10.0 Å². The van der Waals surface area contributed by atoms with Crippen molar-refractivity contribution in [1.29, 1.82) is 0 Å². The molecule has 0 amide bonds. The predicted octanol–water partition coefficient (Wildman–Crippen LogP) is 4.64. The summed E-state index contributed by atoms with van der Waals surface area (Å²) >= 11 is 7.58. The summed E-state index contributed by atoms with van der Waals surface area (Å²) in [7, 11) is -2.00. The van der Waals surface area contributed by atoms with E-state index in [0.717, 1.165) is 36.8 Å². The van der Waals surface area contributed by atoms with Gasteiger partial charge in [0.05, 0.1) is 18.0 Å². The highest BCUT2D eigenvalue weighted by Gasteiger charge is 2.32. The lowest BCUT2D eigenvalue weighted by atomic mass is 10.1. The van der Waals surface area contributed by atoms with Gasteiger partial charge in [-0.15, -0.1) is 11.3 Å². The van der Waals surface area contributed by atoms with Crippen LogP contribution in [0.2, 0.25) is 5.02 Å². The summed E-state index contributed by atoms with van der Waals surface area (Å²) in [5.41, 5.74) is 1.17. The third-order valence-electron chi connectivity index (χ3n) is 5.92. The van der Waals surface area contributed by atoms with Crippen molar-refractivity contribution in [3.63, 3.8) is 0 Å². The van der Waals surface area contributed by atoms with E-state index in [-0.39, 0.29) is 17.0 Å². The zero-order valence-corrected chi connectivity index (χ0v) is 21.0. The molecular weight excluding hydrogens is 478 g/mol. The summed E-state index contributed by atoms with van der Waals surface area (Å²) in [6.07, 6.45) is 0. The van der Waals surface area contributed by atoms with Gasteiger partial charge in [-0.3, -0.25) is 4.90 Å². The third kappa shape index (κ3) is 5.70. The molecule has 2 aromatic carbocycles. The fourth-order valence-corrected chi connectivity index (χ4v) is 6.58. The van der Waals surface area contributed by atoms with Crippen LogP contribution < -0.4 is 14.4 Å². The van der Waals surface area contributed by atoms with Gasteiger partial charge in [-0.2, -0.15) is 0 Å². The normalized spacial score (nSPS) is 17.0. The quantitative estimate of drug-likeness (QED) is 0.483. The molecule has 6 nitrogen and oxygen atoms in total. The van der Waals surface area contributed by atoms with E-state index in [1.165, 1.54) is 17.8 Å². The van der Waals surface area contributed by atoms with Crippen molar-refractivity contribution in [2.45, 2.75) is 23.9 Å². The summed E-state index contributed by atoms with van der Waals surface area (Å²) in [5, 5.41) is 2.55. The Labute approximate surface area is 204 Å². The number of benzene rings is 2. The maximum atomic E-state index is 13.0. The third-order valence-corrected chi connectivity index (χ3v) is 8.69. The predicted molar refractivity (Wildman–Crippen MR) is 135 cm³/mol. The Morgan fingerprint density at radius 3 is 2.24 bits per heavy atom. The minimum Gasteiger partial charge on any atom is -0.497 e. The second kappa shape index (κ2) is 10.4. The van der Waals surface area contributed by atoms with Crippen molar-refractivity contribution in [2.75, 3.05) is 38.2 Å². The molecule has 176 valence electrons. The van der Waals surface area contributed by atoms with Gasteiger partial charge in [0.25, 0.3) is 0 Å². The molecule has 33 heavy (non-hydrogen) atoms. The van der Waals surface area contributed by atoms with E-state index in [4.69, 9.17) is 16.3 Å². The number of anilines is 1.